The molecule has 1 aromatic heterocycles. The molecular formula is C14H19N3O3. The van der Waals surface area contributed by atoms with Gasteiger partial charge in [0.25, 0.3) is 5.56 Å². The minimum atomic E-state index is -0.791. The van der Waals surface area contributed by atoms with Crippen LogP contribution in [0.2, 0.25) is 0 Å². The van der Waals surface area contributed by atoms with Crippen LogP contribution in [0, 0.1) is 5.92 Å². The molecule has 6 heteroatoms. The Labute approximate surface area is 116 Å². The number of aromatic nitrogens is 2. The maximum atomic E-state index is 12.3. The molecule has 1 heterocycles. The zero-order valence-electron chi connectivity index (χ0n) is 11.3. The minimum absolute atomic E-state index is 0.135. The molecule has 2 unspecified atom stereocenters. The van der Waals surface area contributed by atoms with E-state index in [0.717, 1.165) is 32.1 Å². The molecule has 2 atom stereocenters. The average molecular weight is 277 g/mol. The zero-order valence-corrected chi connectivity index (χ0v) is 11.3. The van der Waals surface area contributed by atoms with Gasteiger partial charge in [0.05, 0.1) is 5.92 Å². The van der Waals surface area contributed by atoms with E-state index in [1.807, 2.05) is 0 Å². The van der Waals surface area contributed by atoms with Crippen LogP contribution in [0.5, 0.6) is 0 Å². The number of carboxylic acids is 1. The summed E-state index contributed by atoms with van der Waals surface area (Å²) < 4.78 is 1.70. The van der Waals surface area contributed by atoms with Crippen molar-refractivity contribution in [3.05, 3.63) is 22.7 Å². The van der Waals surface area contributed by atoms with Gasteiger partial charge in [0.15, 0.2) is 5.82 Å². The number of hydrogen-bond donors (Lipinski definition) is 2. The lowest BCUT2D eigenvalue weighted by Crippen LogP contribution is -2.39. The molecule has 0 spiro atoms. The van der Waals surface area contributed by atoms with Gasteiger partial charge >= 0.3 is 5.97 Å². The smallest absolute Gasteiger partial charge is 0.308 e. The Morgan fingerprint density at radius 2 is 2.05 bits per heavy atom. The molecule has 0 aromatic carbocycles. The zero-order chi connectivity index (χ0) is 14.1. The van der Waals surface area contributed by atoms with Crippen molar-refractivity contribution >= 4 is 11.8 Å². The van der Waals surface area contributed by atoms with E-state index in [0.29, 0.717) is 12.5 Å². The van der Waals surface area contributed by atoms with Gasteiger partial charge in [-0.15, -0.1) is 0 Å². The van der Waals surface area contributed by atoms with Crippen LogP contribution >= 0.6 is 0 Å². The van der Waals surface area contributed by atoms with Gasteiger partial charge in [0.1, 0.15) is 0 Å². The fraction of sp³-hybridized carbons (Fsp3) is 0.643. The molecule has 108 valence electrons. The van der Waals surface area contributed by atoms with Crippen LogP contribution in [0.3, 0.4) is 0 Å². The summed E-state index contributed by atoms with van der Waals surface area (Å²) in [4.78, 5) is 27.7. The molecule has 2 saturated carbocycles. The van der Waals surface area contributed by atoms with Crippen molar-refractivity contribution < 1.29 is 9.90 Å². The Morgan fingerprint density at radius 1 is 1.30 bits per heavy atom. The number of nitrogens with one attached hydrogen (secondary N) is 1. The number of aliphatic carboxylic acids is 1. The third-order valence-corrected chi connectivity index (χ3v) is 4.21. The van der Waals surface area contributed by atoms with E-state index in [-0.39, 0.29) is 17.4 Å². The Morgan fingerprint density at radius 3 is 2.75 bits per heavy atom. The fourth-order valence-corrected chi connectivity index (χ4v) is 2.94. The van der Waals surface area contributed by atoms with Crippen molar-refractivity contribution in [1.29, 1.82) is 0 Å². The molecule has 0 amide bonds. The molecular weight excluding hydrogens is 258 g/mol. The molecule has 3 rings (SSSR count). The summed E-state index contributed by atoms with van der Waals surface area (Å²) in [5, 5.41) is 12.3. The summed E-state index contributed by atoms with van der Waals surface area (Å²) in [7, 11) is 0. The van der Waals surface area contributed by atoms with Crippen molar-refractivity contribution in [1.82, 2.24) is 9.55 Å². The standard InChI is InChI=1S/C14H19N3O3/c18-13-12(15-7-8-17(13)9-5-6-9)16-11-4-2-1-3-10(11)14(19)20/h7-11H,1-6H2,(H,15,16)(H,19,20). The van der Waals surface area contributed by atoms with E-state index in [1.54, 1.807) is 17.0 Å². The largest absolute Gasteiger partial charge is 0.481 e. The molecule has 2 aliphatic rings. The molecule has 6 nitrogen and oxygen atoms in total. The first kappa shape index (κ1) is 13.1. The second-order valence-corrected chi connectivity index (χ2v) is 5.70. The first-order chi connectivity index (χ1) is 9.66. The van der Waals surface area contributed by atoms with E-state index < -0.39 is 11.9 Å². The summed E-state index contributed by atoms with van der Waals surface area (Å²) in [6, 6.07) is 0.101. The van der Waals surface area contributed by atoms with E-state index in [2.05, 4.69) is 10.3 Å². The minimum Gasteiger partial charge on any atom is -0.481 e. The number of carboxylic acid groups (broad SMARTS) is 1. The second-order valence-electron chi connectivity index (χ2n) is 5.70. The highest BCUT2D eigenvalue weighted by Gasteiger charge is 2.32. The highest BCUT2D eigenvalue weighted by atomic mass is 16.4. The summed E-state index contributed by atoms with van der Waals surface area (Å²) in [5.41, 5.74) is -0.135. The van der Waals surface area contributed by atoms with Gasteiger partial charge in [-0.2, -0.15) is 0 Å². The monoisotopic (exact) mass is 277 g/mol. The number of carbonyl (C=O) groups is 1. The average Bonchev–Trinajstić information content (AvgIpc) is 3.26. The first-order valence-electron chi connectivity index (χ1n) is 7.23. The third-order valence-electron chi connectivity index (χ3n) is 4.21. The molecule has 2 fully saturated rings. The predicted octanol–water partition coefficient (Wildman–Crippen LogP) is 1.63. The highest BCUT2D eigenvalue weighted by molar-refractivity contribution is 5.71. The van der Waals surface area contributed by atoms with E-state index >= 15 is 0 Å². The Kier molecular flexibility index (Phi) is 3.46. The van der Waals surface area contributed by atoms with Crippen molar-refractivity contribution in [3.63, 3.8) is 0 Å². The molecule has 2 N–H and O–H groups in total. The second kappa shape index (κ2) is 5.26. The molecule has 0 aliphatic heterocycles. The molecule has 1 aromatic rings. The molecule has 0 bridgehead atoms. The van der Waals surface area contributed by atoms with Gasteiger partial charge in [0, 0.05) is 24.5 Å². The van der Waals surface area contributed by atoms with Crippen molar-refractivity contribution in [2.75, 3.05) is 5.32 Å². The Bertz CT molecular complexity index is 565. The quantitative estimate of drug-likeness (QED) is 0.874. The summed E-state index contributed by atoms with van der Waals surface area (Å²) in [6.45, 7) is 0. The van der Waals surface area contributed by atoms with Crippen molar-refractivity contribution in [2.45, 2.75) is 50.6 Å². The van der Waals surface area contributed by atoms with Crippen LogP contribution < -0.4 is 10.9 Å². The summed E-state index contributed by atoms with van der Waals surface area (Å²) >= 11 is 0. The van der Waals surface area contributed by atoms with Crippen LogP contribution in [-0.2, 0) is 4.79 Å². The third kappa shape index (κ3) is 2.55. The van der Waals surface area contributed by atoms with Gasteiger partial charge in [0.2, 0.25) is 0 Å². The van der Waals surface area contributed by atoms with Gasteiger partial charge in [-0.3, -0.25) is 9.59 Å². The van der Waals surface area contributed by atoms with Crippen LogP contribution in [0.4, 0.5) is 5.82 Å². The van der Waals surface area contributed by atoms with Gasteiger partial charge in [-0.05, 0) is 25.7 Å². The predicted molar refractivity (Wildman–Crippen MR) is 73.8 cm³/mol. The lowest BCUT2D eigenvalue weighted by molar-refractivity contribution is -0.143. The van der Waals surface area contributed by atoms with Gasteiger partial charge in [-0.1, -0.05) is 12.8 Å². The number of nitrogens with zero attached hydrogens (tertiary/aromatic N) is 2. The van der Waals surface area contributed by atoms with Gasteiger partial charge < -0.3 is 15.0 Å². The summed E-state index contributed by atoms with van der Waals surface area (Å²) in [6.07, 6.45) is 8.75. The maximum absolute atomic E-state index is 12.3. The molecule has 0 radical (unpaired) electrons. The normalized spacial score (nSPS) is 26.2. The lowest BCUT2D eigenvalue weighted by atomic mass is 9.84. The Hall–Kier alpha value is -1.85. The highest BCUT2D eigenvalue weighted by Crippen LogP contribution is 2.33. The van der Waals surface area contributed by atoms with Crippen LogP contribution in [-0.4, -0.2) is 26.7 Å². The topological polar surface area (TPSA) is 84.2 Å². The number of rotatable bonds is 4. The van der Waals surface area contributed by atoms with E-state index in [9.17, 15) is 14.7 Å². The van der Waals surface area contributed by atoms with Crippen molar-refractivity contribution in [3.8, 4) is 0 Å². The number of anilines is 1. The van der Waals surface area contributed by atoms with Crippen LogP contribution in [0.15, 0.2) is 17.2 Å². The maximum Gasteiger partial charge on any atom is 0.308 e. The van der Waals surface area contributed by atoms with E-state index in [1.165, 1.54) is 0 Å². The number of hydrogen-bond acceptors (Lipinski definition) is 4. The molecule has 20 heavy (non-hydrogen) atoms. The van der Waals surface area contributed by atoms with E-state index in [4.69, 9.17) is 0 Å². The van der Waals surface area contributed by atoms with Crippen LogP contribution in [0.25, 0.3) is 0 Å². The fourth-order valence-electron chi connectivity index (χ4n) is 2.94. The van der Waals surface area contributed by atoms with Crippen molar-refractivity contribution in [2.24, 2.45) is 5.92 Å². The first-order valence-corrected chi connectivity index (χ1v) is 7.23. The molecule has 0 saturated heterocycles. The van der Waals surface area contributed by atoms with Gasteiger partial charge in [-0.25, -0.2) is 4.98 Å². The molecule has 2 aliphatic carbocycles. The SMILES string of the molecule is O=C(O)C1CCCCC1Nc1nccn(C2CC2)c1=O. The Balaban J connectivity index is 1.81. The lowest BCUT2D eigenvalue weighted by Gasteiger charge is -2.29. The summed E-state index contributed by atoms with van der Waals surface area (Å²) in [5.74, 6) is -0.933. The van der Waals surface area contributed by atoms with Crippen LogP contribution in [0.1, 0.15) is 44.6 Å².